The minimum Gasteiger partial charge on any atom is -0.384 e. The summed E-state index contributed by atoms with van der Waals surface area (Å²) in [5.74, 6) is 1.31. The predicted molar refractivity (Wildman–Crippen MR) is 65.1 cm³/mol. The highest BCUT2D eigenvalue weighted by atomic mass is 16.5. The van der Waals surface area contributed by atoms with E-state index in [0.717, 1.165) is 18.9 Å². The smallest absolute Gasteiger partial charge is 0.0621 e. The van der Waals surface area contributed by atoms with Crippen LogP contribution in [-0.4, -0.2) is 26.9 Å². The van der Waals surface area contributed by atoms with Crippen molar-refractivity contribution in [2.75, 3.05) is 20.8 Å². The van der Waals surface area contributed by atoms with Gasteiger partial charge >= 0.3 is 0 Å². The lowest BCUT2D eigenvalue weighted by Crippen LogP contribution is -2.28. The van der Waals surface area contributed by atoms with Gasteiger partial charge in [0.05, 0.1) is 12.7 Å². The second kappa shape index (κ2) is 9.17. The molecule has 0 N–H and O–H groups in total. The van der Waals surface area contributed by atoms with Crippen LogP contribution in [-0.2, 0) is 9.47 Å². The van der Waals surface area contributed by atoms with E-state index in [-0.39, 0.29) is 0 Å². The van der Waals surface area contributed by atoms with E-state index in [4.69, 9.17) is 9.47 Å². The molecule has 2 nitrogen and oxygen atoms in total. The summed E-state index contributed by atoms with van der Waals surface area (Å²) in [6.45, 7) is 7.58. The van der Waals surface area contributed by atoms with Crippen molar-refractivity contribution >= 4 is 0 Å². The molecule has 92 valence electrons. The van der Waals surface area contributed by atoms with Crippen LogP contribution in [0.1, 0.15) is 46.5 Å². The number of hydrogen-bond donors (Lipinski definition) is 0. The monoisotopic (exact) mass is 216 g/mol. The highest BCUT2D eigenvalue weighted by Crippen LogP contribution is 2.23. The van der Waals surface area contributed by atoms with Crippen LogP contribution in [0.3, 0.4) is 0 Å². The highest BCUT2D eigenvalue weighted by Gasteiger charge is 2.22. The molecule has 0 saturated heterocycles. The first-order valence-corrected chi connectivity index (χ1v) is 6.21. The lowest BCUT2D eigenvalue weighted by molar-refractivity contribution is -0.000133. The molecule has 0 aromatic heterocycles. The van der Waals surface area contributed by atoms with Crippen LogP contribution < -0.4 is 0 Å². The van der Waals surface area contributed by atoms with E-state index in [2.05, 4.69) is 20.8 Å². The zero-order valence-corrected chi connectivity index (χ0v) is 11.1. The molecule has 2 heteroatoms. The second-order valence-corrected chi connectivity index (χ2v) is 4.53. The molecule has 3 unspecified atom stereocenters. The first kappa shape index (κ1) is 14.9. The van der Waals surface area contributed by atoms with Gasteiger partial charge in [0, 0.05) is 20.1 Å². The van der Waals surface area contributed by atoms with Crippen LogP contribution in [0.15, 0.2) is 0 Å². The molecule has 0 aliphatic rings. The molecule has 0 aliphatic carbocycles. The van der Waals surface area contributed by atoms with Crippen LogP contribution in [0.5, 0.6) is 0 Å². The summed E-state index contributed by atoms with van der Waals surface area (Å²) >= 11 is 0. The standard InChI is InChI=1S/C13H28O2/c1-6-8-13(15-5)12(10-14-4)9-11(3)7-2/h11-13H,6-10H2,1-5H3. The van der Waals surface area contributed by atoms with Gasteiger partial charge in [0.1, 0.15) is 0 Å². The third-order valence-electron chi connectivity index (χ3n) is 3.18. The average molecular weight is 216 g/mol. The maximum atomic E-state index is 5.57. The molecule has 3 atom stereocenters. The summed E-state index contributed by atoms with van der Waals surface area (Å²) in [5.41, 5.74) is 0. The maximum Gasteiger partial charge on any atom is 0.0621 e. The SMILES string of the molecule is CCCC(OC)C(COC)CC(C)CC. The van der Waals surface area contributed by atoms with E-state index < -0.39 is 0 Å². The van der Waals surface area contributed by atoms with E-state index >= 15 is 0 Å². The molecule has 0 heterocycles. The van der Waals surface area contributed by atoms with Crippen LogP contribution in [0, 0.1) is 11.8 Å². The molecule has 0 rings (SSSR count). The van der Waals surface area contributed by atoms with Gasteiger partial charge in [0.25, 0.3) is 0 Å². The summed E-state index contributed by atoms with van der Waals surface area (Å²) in [4.78, 5) is 0. The van der Waals surface area contributed by atoms with Crippen molar-refractivity contribution in [3.63, 3.8) is 0 Å². The molecule has 0 aliphatic heterocycles. The Hall–Kier alpha value is -0.0800. The zero-order chi connectivity index (χ0) is 11.7. The van der Waals surface area contributed by atoms with Gasteiger partial charge < -0.3 is 9.47 Å². The van der Waals surface area contributed by atoms with Crippen molar-refractivity contribution in [1.29, 1.82) is 0 Å². The summed E-state index contributed by atoms with van der Waals surface area (Å²) in [5, 5.41) is 0. The van der Waals surface area contributed by atoms with Crippen molar-refractivity contribution in [1.82, 2.24) is 0 Å². The normalized spacial score (nSPS) is 17.4. The molecule has 0 spiro atoms. The fourth-order valence-corrected chi connectivity index (χ4v) is 2.06. The van der Waals surface area contributed by atoms with E-state index in [0.29, 0.717) is 12.0 Å². The van der Waals surface area contributed by atoms with Gasteiger partial charge in [0.2, 0.25) is 0 Å². The predicted octanol–water partition coefficient (Wildman–Crippen LogP) is 3.50. The quantitative estimate of drug-likeness (QED) is 0.587. The van der Waals surface area contributed by atoms with E-state index in [1.165, 1.54) is 19.3 Å². The topological polar surface area (TPSA) is 18.5 Å². The van der Waals surface area contributed by atoms with Gasteiger partial charge in [-0.2, -0.15) is 0 Å². The van der Waals surface area contributed by atoms with Gasteiger partial charge in [0.15, 0.2) is 0 Å². The van der Waals surface area contributed by atoms with Crippen molar-refractivity contribution in [3.8, 4) is 0 Å². The van der Waals surface area contributed by atoms with Gasteiger partial charge in [-0.3, -0.25) is 0 Å². The van der Waals surface area contributed by atoms with E-state index in [1.807, 2.05) is 7.11 Å². The molecule has 15 heavy (non-hydrogen) atoms. The molecule has 0 radical (unpaired) electrons. The summed E-state index contributed by atoms with van der Waals surface area (Å²) in [6, 6.07) is 0. The Morgan fingerprint density at radius 1 is 1.13 bits per heavy atom. The largest absolute Gasteiger partial charge is 0.384 e. The fourth-order valence-electron chi connectivity index (χ4n) is 2.06. The number of methoxy groups -OCH3 is 2. The van der Waals surface area contributed by atoms with Gasteiger partial charge in [-0.05, 0) is 18.8 Å². The van der Waals surface area contributed by atoms with Crippen molar-refractivity contribution in [3.05, 3.63) is 0 Å². The molecule has 0 aromatic carbocycles. The van der Waals surface area contributed by atoms with Crippen LogP contribution in [0.2, 0.25) is 0 Å². The Bertz CT molecular complexity index is 136. The van der Waals surface area contributed by atoms with E-state index in [1.54, 1.807) is 7.11 Å². The van der Waals surface area contributed by atoms with Crippen molar-refractivity contribution < 1.29 is 9.47 Å². The second-order valence-electron chi connectivity index (χ2n) is 4.53. The Balaban J connectivity index is 4.19. The van der Waals surface area contributed by atoms with Gasteiger partial charge in [-0.1, -0.05) is 33.6 Å². The molecular formula is C13H28O2. The Morgan fingerprint density at radius 3 is 2.20 bits per heavy atom. The first-order valence-electron chi connectivity index (χ1n) is 6.21. The summed E-state index contributed by atoms with van der Waals surface area (Å²) < 4.78 is 10.9. The first-order chi connectivity index (χ1) is 7.19. The lowest BCUT2D eigenvalue weighted by atomic mass is 9.88. The molecule has 0 fully saturated rings. The average Bonchev–Trinajstić information content (AvgIpc) is 2.25. The van der Waals surface area contributed by atoms with Gasteiger partial charge in [-0.25, -0.2) is 0 Å². The molecule has 0 aromatic rings. The van der Waals surface area contributed by atoms with Crippen molar-refractivity contribution in [2.45, 2.75) is 52.6 Å². The van der Waals surface area contributed by atoms with Gasteiger partial charge in [-0.15, -0.1) is 0 Å². The highest BCUT2D eigenvalue weighted by molar-refractivity contribution is 4.72. The Labute approximate surface area is 95.3 Å². The van der Waals surface area contributed by atoms with Crippen molar-refractivity contribution in [2.24, 2.45) is 11.8 Å². The van der Waals surface area contributed by atoms with Crippen LogP contribution in [0.25, 0.3) is 0 Å². The summed E-state index contributed by atoms with van der Waals surface area (Å²) in [7, 11) is 3.60. The lowest BCUT2D eigenvalue weighted by Gasteiger charge is -2.27. The molecule has 0 amide bonds. The minimum atomic E-state index is 0.365. The minimum absolute atomic E-state index is 0.365. The molecule has 0 saturated carbocycles. The fraction of sp³-hybridized carbons (Fsp3) is 1.00. The number of hydrogen-bond acceptors (Lipinski definition) is 2. The van der Waals surface area contributed by atoms with E-state index in [9.17, 15) is 0 Å². The molecular weight excluding hydrogens is 188 g/mol. The number of rotatable bonds is 9. The van der Waals surface area contributed by atoms with Crippen LogP contribution >= 0.6 is 0 Å². The maximum absolute atomic E-state index is 5.57. The number of ether oxygens (including phenoxy) is 2. The molecule has 0 bridgehead atoms. The Morgan fingerprint density at radius 2 is 1.80 bits per heavy atom. The van der Waals surface area contributed by atoms with Crippen LogP contribution in [0.4, 0.5) is 0 Å². The third kappa shape index (κ3) is 6.16. The zero-order valence-electron chi connectivity index (χ0n) is 11.1. The summed E-state index contributed by atoms with van der Waals surface area (Å²) in [6.07, 6.45) is 5.13. The Kier molecular flexibility index (Phi) is 9.12. The third-order valence-corrected chi connectivity index (χ3v) is 3.18.